The van der Waals surface area contributed by atoms with Crippen LogP contribution in [0.15, 0.2) is 48.7 Å². The number of fused-ring (bicyclic) bond motifs is 1. The fourth-order valence-electron chi connectivity index (χ4n) is 4.41. The van der Waals surface area contributed by atoms with Crippen molar-refractivity contribution >= 4 is 28.6 Å². The van der Waals surface area contributed by atoms with Crippen LogP contribution < -0.4 is 5.32 Å². The number of rotatable bonds is 11. The molecule has 0 saturated carbocycles. The molecule has 0 spiro atoms. The molecular weight excluding hydrogens is 444 g/mol. The molecule has 0 radical (unpaired) electrons. The number of ketones is 1. The molecule has 2 heterocycles. The highest BCUT2D eigenvalue weighted by Crippen LogP contribution is 2.26. The molecule has 0 unspecified atom stereocenters. The maximum absolute atomic E-state index is 12.8. The van der Waals surface area contributed by atoms with E-state index in [2.05, 4.69) is 39.6 Å². The summed E-state index contributed by atoms with van der Waals surface area (Å²) in [5, 5.41) is 14.4. The summed E-state index contributed by atoms with van der Waals surface area (Å²) in [4.78, 5) is 44.6. The van der Waals surface area contributed by atoms with Gasteiger partial charge >= 0.3 is 6.09 Å². The maximum atomic E-state index is 12.8. The van der Waals surface area contributed by atoms with Gasteiger partial charge in [0.15, 0.2) is 0 Å². The summed E-state index contributed by atoms with van der Waals surface area (Å²) >= 11 is 0. The Morgan fingerprint density at radius 3 is 2.63 bits per heavy atom. The third-order valence-corrected chi connectivity index (χ3v) is 6.67. The van der Waals surface area contributed by atoms with Crippen LogP contribution in [-0.2, 0) is 9.59 Å². The highest BCUT2D eigenvalue weighted by molar-refractivity contribution is 5.86. The van der Waals surface area contributed by atoms with Crippen LogP contribution >= 0.6 is 0 Å². The standard InChI is InChI=1S/C27H32N4O4/c1-2-22(32)10-4-3-5-11-23(30-26(33)21-16-31(17-21)27(34)35)25-28-15-24(29-25)20-13-12-18-8-6-7-9-19(18)14-20/h6-9,12-15,21,23H,2-5,10-11,16-17H2,1H3,(H,28,29)(H,30,33)(H,34,35)/t23-/m0/s1. The molecule has 4 rings (SSSR count). The fourth-order valence-corrected chi connectivity index (χ4v) is 4.41. The number of hydrogen-bond acceptors (Lipinski definition) is 4. The second-order valence-electron chi connectivity index (χ2n) is 9.18. The summed E-state index contributed by atoms with van der Waals surface area (Å²) in [5.74, 6) is 0.456. The van der Waals surface area contributed by atoms with Crippen molar-refractivity contribution in [2.24, 2.45) is 5.92 Å². The number of aromatic nitrogens is 2. The van der Waals surface area contributed by atoms with Gasteiger partial charge in [0, 0.05) is 31.5 Å². The van der Waals surface area contributed by atoms with Gasteiger partial charge in [-0.1, -0.05) is 56.2 Å². The van der Waals surface area contributed by atoms with Gasteiger partial charge in [0.1, 0.15) is 11.6 Å². The lowest BCUT2D eigenvalue weighted by Crippen LogP contribution is -2.55. The highest BCUT2D eigenvalue weighted by atomic mass is 16.4. The molecule has 0 aliphatic carbocycles. The summed E-state index contributed by atoms with van der Waals surface area (Å²) in [6, 6.07) is 14.1. The molecule has 8 heteroatoms. The summed E-state index contributed by atoms with van der Waals surface area (Å²) in [5.41, 5.74) is 1.89. The quantitative estimate of drug-likeness (QED) is 0.340. The van der Waals surface area contributed by atoms with Crippen molar-refractivity contribution in [3.8, 4) is 11.3 Å². The molecule has 1 atom stereocenters. The Hall–Kier alpha value is -3.68. The van der Waals surface area contributed by atoms with E-state index in [1.54, 1.807) is 6.20 Å². The first-order valence-electron chi connectivity index (χ1n) is 12.3. The molecule has 1 aromatic heterocycles. The third kappa shape index (κ3) is 6.07. The molecule has 2 amide bonds. The number of benzene rings is 2. The first kappa shape index (κ1) is 24.4. The van der Waals surface area contributed by atoms with Gasteiger partial charge in [0.2, 0.25) is 5.91 Å². The topological polar surface area (TPSA) is 115 Å². The number of nitrogens with zero attached hydrogens (tertiary/aromatic N) is 2. The Morgan fingerprint density at radius 1 is 1.11 bits per heavy atom. The van der Waals surface area contributed by atoms with Crippen molar-refractivity contribution in [3.63, 3.8) is 0 Å². The smallest absolute Gasteiger partial charge is 0.407 e. The molecule has 1 aliphatic heterocycles. The van der Waals surface area contributed by atoms with Crippen LogP contribution in [0, 0.1) is 5.92 Å². The zero-order valence-electron chi connectivity index (χ0n) is 20.0. The number of amides is 2. The molecule has 1 saturated heterocycles. The van der Waals surface area contributed by atoms with Gasteiger partial charge in [-0.15, -0.1) is 0 Å². The van der Waals surface area contributed by atoms with E-state index in [9.17, 15) is 14.4 Å². The van der Waals surface area contributed by atoms with E-state index in [1.807, 2.05) is 25.1 Å². The number of imidazole rings is 1. The first-order valence-corrected chi connectivity index (χ1v) is 12.3. The molecule has 3 aromatic rings. The number of carboxylic acid groups (broad SMARTS) is 1. The minimum absolute atomic E-state index is 0.155. The van der Waals surface area contributed by atoms with Gasteiger partial charge in [-0.05, 0) is 29.7 Å². The number of hydrogen-bond donors (Lipinski definition) is 3. The van der Waals surface area contributed by atoms with Gasteiger partial charge in [-0.2, -0.15) is 0 Å². The van der Waals surface area contributed by atoms with E-state index in [4.69, 9.17) is 5.11 Å². The Bertz CT molecular complexity index is 1200. The number of Topliss-reactive ketones (excluding diaryl/α,β-unsaturated/α-hetero) is 1. The van der Waals surface area contributed by atoms with Gasteiger partial charge in [-0.25, -0.2) is 9.78 Å². The fraction of sp³-hybridized carbons (Fsp3) is 0.407. The second-order valence-corrected chi connectivity index (χ2v) is 9.18. The van der Waals surface area contributed by atoms with Gasteiger partial charge in [0.05, 0.1) is 23.9 Å². The van der Waals surface area contributed by atoms with Crippen LogP contribution in [0.4, 0.5) is 4.79 Å². The van der Waals surface area contributed by atoms with E-state index >= 15 is 0 Å². The van der Waals surface area contributed by atoms with Gasteiger partial charge < -0.3 is 20.3 Å². The lowest BCUT2D eigenvalue weighted by molar-refractivity contribution is -0.130. The van der Waals surface area contributed by atoms with E-state index in [0.717, 1.165) is 35.9 Å². The Labute approximate surface area is 204 Å². The van der Waals surface area contributed by atoms with Crippen molar-refractivity contribution < 1.29 is 19.5 Å². The summed E-state index contributed by atoms with van der Waals surface area (Å²) in [7, 11) is 0. The van der Waals surface area contributed by atoms with Crippen LogP contribution in [0.3, 0.4) is 0 Å². The molecule has 0 bridgehead atoms. The van der Waals surface area contributed by atoms with Crippen LogP contribution in [0.5, 0.6) is 0 Å². The Morgan fingerprint density at radius 2 is 1.89 bits per heavy atom. The van der Waals surface area contributed by atoms with E-state index in [0.29, 0.717) is 25.1 Å². The number of carbonyl (C=O) groups is 3. The lowest BCUT2D eigenvalue weighted by atomic mass is 9.98. The van der Waals surface area contributed by atoms with Crippen LogP contribution in [0.25, 0.3) is 22.0 Å². The van der Waals surface area contributed by atoms with Gasteiger partial charge in [-0.3, -0.25) is 9.59 Å². The van der Waals surface area contributed by atoms with Crippen molar-refractivity contribution in [1.82, 2.24) is 20.2 Å². The molecule has 184 valence electrons. The number of unbranched alkanes of at least 4 members (excludes halogenated alkanes) is 2. The van der Waals surface area contributed by atoms with E-state index in [-0.39, 0.29) is 36.7 Å². The van der Waals surface area contributed by atoms with Crippen molar-refractivity contribution in [2.75, 3.05) is 13.1 Å². The molecule has 8 nitrogen and oxygen atoms in total. The average Bonchev–Trinajstić information content (AvgIpc) is 3.31. The Kier molecular flexibility index (Phi) is 7.80. The zero-order chi connectivity index (χ0) is 24.8. The summed E-state index contributed by atoms with van der Waals surface area (Å²) in [6.07, 6.45) is 5.21. The molecule has 1 aliphatic rings. The van der Waals surface area contributed by atoms with Crippen LogP contribution in [-0.4, -0.2) is 50.8 Å². The van der Waals surface area contributed by atoms with E-state index in [1.165, 1.54) is 10.3 Å². The van der Waals surface area contributed by atoms with Crippen LogP contribution in [0.1, 0.15) is 57.3 Å². The zero-order valence-corrected chi connectivity index (χ0v) is 20.0. The van der Waals surface area contributed by atoms with Crippen molar-refractivity contribution in [1.29, 1.82) is 0 Å². The van der Waals surface area contributed by atoms with Crippen LogP contribution in [0.2, 0.25) is 0 Å². The van der Waals surface area contributed by atoms with Gasteiger partial charge in [0.25, 0.3) is 0 Å². The SMILES string of the molecule is CCC(=O)CCCCC[C@H](NC(=O)C1CN(C(=O)O)C1)c1ncc(-c2ccc3ccccc3c2)[nH]1. The molecule has 2 aromatic carbocycles. The summed E-state index contributed by atoms with van der Waals surface area (Å²) in [6.45, 7) is 2.31. The van der Waals surface area contributed by atoms with Crippen molar-refractivity contribution in [2.45, 2.75) is 51.5 Å². The average molecular weight is 477 g/mol. The predicted molar refractivity (Wildman–Crippen MR) is 134 cm³/mol. The molecule has 1 fully saturated rings. The first-order chi connectivity index (χ1) is 16.9. The molecule has 3 N–H and O–H groups in total. The normalized spacial score (nSPS) is 14.5. The monoisotopic (exact) mass is 476 g/mol. The third-order valence-electron chi connectivity index (χ3n) is 6.67. The largest absolute Gasteiger partial charge is 0.465 e. The van der Waals surface area contributed by atoms with E-state index < -0.39 is 6.09 Å². The number of aromatic amines is 1. The number of likely N-dealkylation sites (tertiary alicyclic amines) is 1. The summed E-state index contributed by atoms with van der Waals surface area (Å²) < 4.78 is 0. The second kappa shape index (κ2) is 11.2. The highest BCUT2D eigenvalue weighted by Gasteiger charge is 2.36. The number of carbonyl (C=O) groups excluding carboxylic acids is 2. The maximum Gasteiger partial charge on any atom is 0.407 e. The minimum atomic E-state index is -1.00. The number of nitrogens with one attached hydrogen (secondary N) is 2. The molecule has 35 heavy (non-hydrogen) atoms. The predicted octanol–water partition coefficient (Wildman–Crippen LogP) is 4.93. The number of H-pyrrole nitrogens is 1. The van der Waals surface area contributed by atoms with Crippen molar-refractivity contribution in [3.05, 3.63) is 54.5 Å². The minimum Gasteiger partial charge on any atom is -0.465 e. The lowest BCUT2D eigenvalue weighted by Gasteiger charge is -2.36. The Balaban J connectivity index is 1.44. The molecular formula is C27H32N4O4.